The van der Waals surface area contributed by atoms with Gasteiger partial charge in [0.2, 0.25) is 0 Å². The summed E-state index contributed by atoms with van der Waals surface area (Å²) in [5.74, 6) is 0. The summed E-state index contributed by atoms with van der Waals surface area (Å²) in [6.45, 7) is 4.16. The fourth-order valence-electron chi connectivity index (χ4n) is 1.85. The monoisotopic (exact) mass is 386 g/mol. The molecule has 0 amide bonds. The zero-order valence-electron chi connectivity index (χ0n) is 10.8. The predicted molar refractivity (Wildman–Crippen MR) is 83.1 cm³/mol. The van der Waals surface area contributed by atoms with Gasteiger partial charge in [0, 0.05) is 27.6 Å². The van der Waals surface area contributed by atoms with Crippen molar-refractivity contribution in [3.05, 3.63) is 50.7 Å². The molecule has 1 aromatic heterocycles. The van der Waals surface area contributed by atoms with Crippen molar-refractivity contribution in [1.29, 1.82) is 0 Å². The van der Waals surface area contributed by atoms with E-state index in [1.165, 1.54) is 0 Å². The number of hydrogen-bond acceptors (Lipinski definition) is 2. The first-order valence-corrected chi connectivity index (χ1v) is 7.73. The molecule has 0 saturated carbocycles. The topological polar surface area (TPSA) is 38.0 Å². The average molecular weight is 388 g/mol. The van der Waals surface area contributed by atoms with Crippen LogP contribution in [0.3, 0.4) is 0 Å². The van der Waals surface area contributed by atoms with Gasteiger partial charge in [-0.05, 0) is 37.6 Å². The number of benzene rings is 1. The Labute approximate surface area is 129 Å². The maximum absolute atomic E-state index is 10.3. The number of nitrogens with zero attached hydrogens (tertiary/aromatic N) is 2. The van der Waals surface area contributed by atoms with Gasteiger partial charge in [0.15, 0.2) is 0 Å². The van der Waals surface area contributed by atoms with Crippen molar-refractivity contribution >= 4 is 31.9 Å². The van der Waals surface area contributed by atoms with Crippen molar-refractivity contribution in [3.63, 3.8) is 0 Å². The summed E-state index contributed by atoms with van der Waals surface area (Å²) in [7, 11) is 0. The Morgan fingerprint density at radius 1 is 1.26 bits per heavy atom. The van der Waals surface area contributed by atoms with Gasteiger partial charge in [-0.3, -0.25) is 4.68 Å². The number of halogens is 2. The highest BCUT2D eigenvalue weighted by Gasteiger charge is 2.14. The molecule has 102 valence electrons. The van der Waals surface area contributed by atoms with E-state index < -0.39 is 6.10 Å². The molecule has 3 nitrogen and oxygen atoms in total. The Morgan fingerprint density at radius 2 is 2.00 bits per heavy atom. The zero-order valence-corrected chi connectivity index (χ0v) is 14.0. The van der Waals surface area contributed by atoms with Crippen molar-refractivity contribution in [2.75, 3.05) is 0 Å². The molecule has 0 aliphatic carbocycles. The van der Waals surface area contributed by atoms with Crippen molar-refractivity contribution in [1.82, 2.24) is 9.78 Å². The van der Waals surface area contributed by atoms with Gasteiger partial charge in [0.05, 0.1) is 11.8 Å². The highest BCUT2D eigenvalue weighted by molar-refractivity contribution is 9.11. The van der Waals surface area contributed by atoms with Gasteiger partial charge < -0.3 is 5.11 Å². The van der Waals surface area contributed by atoms with E-state index in [-0.39, 0.29) is 0 Å². The third kappa shape index (κ3) is 3.68. The van der Waals surface area contributed by atoms with Gasteiger partial charge in [-0.2, -0.15) is 5.10 Å². The van der Waals surface area contributed by atoms with Crippen molar-refractivity contribution < 1.29 is 5.11 Å². The number of rotatable bonds is 4. The van der Waals surface area contributed by atoms with Crippen LogP contribution in [0.2, 0.25) is 0 Å². The zero-order chi connectivity index (χ0) is 14.0. The van der Waals surface area contributed by atoms with Gasteiger partial charge in [-0.15, -0.1) is 0 Å². The van der Waals surface area contributed by atoms with E-state index in [1.807, 2.05) is 35.1 Å². The number of aliphatic hydroxyl groups is 1. The van der Waals surface area contributed by atoms with Crippen LogP contribution in [-0.2, 0) is 6.42 Å². The Hall–Kier alpha value is -0.650. The molecule has 0 radical (unpaired) electrons. The Bertz CT molecular complexity index is 566. The summed E-state index contributed by atoms with van der Waals surface area (Å²) in [5.41, 5.74) is 1.78. The molecule has 1 atom stereocenters. The minimum Gasteiger partial charge on any atom is -0.388 e. The molecule has 0 aliphatic rings. The molecule has 0 bridgehead atoms. The van der Waals surface area contributed by atoms with E-state index in [2.05, 4.69) is 50.8 Å². The van der Waals surface area contributed by atoms with E-state index in [4.69, 9.17) is 0 Å². The predicted octanol–water partition coefficient (Wildman–Crippen LogP) is 4.27. The molecule has 0 saturated heterocycles. The second-order valence-electron chi connectivity index (χ2n) is 4.77. The molecular weight excluding hydrogens is 372 g/mol. The number of aromatic nitrogens is 2. The molecule has 5 heteroatoms. The minimum atomic E-state index is -0.557. The normalized spacial score (nSPS) is 12.9. The molecule has 0 aliphatic heterocycles. The van der Waals surface area contributed by atoms with Crippen LogP contribution in [0.25, 0.3) is 0 Å². The molecule has 0 spiro atoms. The lowest BCUT2D eigenvalue weighted by molar-refractivity contribution is 0.176. The van der Waals surface area contributed by atoms with Crippen LogP contribution in [0.15, 0.2) is 39.4 Å². The third-order valence-corrected chi connectivity index (χ3v) is 4.10. The summed E-state index contributed by atoms with van der Waals surface area (Å²) < 4.78 is 3.79. The van der Waals surface area contributed by atoms with Crippen LogP contribution in [0.5, 0.6) is 0 Å². The van der Waals surface area contributed by atoms with E-state index in [0.29, 0.717) is 12.5 Å². The molecule has 2 aromatic rings. The summed E-state index contributed by atoms with van der Waals surface area (Å²) in [6.07, 6.45) is 1.90. The fraction of sp³-hybridized carbons (Fsp3) is 0.357. The van der Waals surface area contributed by atoms with Gasteiger partial charge >= 0.3 is 0 Å². The standard InChI is InChI=1S/C14H16Br2N2O/c1-9(2)18-6-5-11(17-18)8-14(19)12-4-3-10(15)7-13(12)16/h3-7,9,14,19H,8H2,1-2H3. The van der Waals surface area contributed by atoms with Crippen molar-refractivity contribution in [3.8, 4) is 0 Å². The van der Waals surface area contributed by atoms with Crippen LogP contribution in [-0.4, -0.2) is 14.9 Å². The van der Waals surface area contributed by atoms with Crippen LogP contribution < -0.4 is 0 Å². The summed E-state index contributed by atoms with van der Waals surface area (Å²) in [6, 6.07) is 8.07. The van der Waals surface area contributed by atoms with Crippen LogP contribution in [0, 0.1) is 0 Å². The first-order valence-electron chi connectivity index (χ1n) is 6.14. The molecule has 19 heavy (non-hydrogen) atoms. The molecular formula is C14H16Br2N2O. The summed E-state index contributed by atoms with van der Waals surface area (Å²) in [5, 5.41) is 14.8. The number of hydrogen-bond donors (Lipinski definition) is 1. The Kier molecular flexibility index (Phi) is 4.81. The summed E-state index contributed by atoms with van der Waals surface area (Å²) >= 11 is 6.88. The largest absolute Gasteiger partial charge is 0.388 e. The van der Waals surface area contributed by atoms with E-state index >= 15 is 0 Å². The summed E-state index contributed by atoms with van der Waals surface area (Å²) in [4.78, 5) is 0. The Morgan fingerprint density at radius 3 is 2.58 bits per heavy atom. The van der Waals surface area contributed by atoms with Gasteiger partial charge in [-0.25, -0.2) is 0 Å². The van der Waals surface area contributed by atoms with E-state index in [1.54, 1.807) is 0 Å². The lowest BCUT2D eigenvalue weighted by Gasteiger charge is -2.12. The minimum absolute atomic E-state index is 0.338. The molecule has 1 heterocycles. The second-order valence-corrected chi connectivity index (χ2v) is 6.54. The highest BCUT2D eigenvalue weighted by Crippen LogP contribution is 2.28. The van der Waals surface area contributed by atoms with E-state index in [0.717, 1.165) is 20.2 Å². The van der Waals surface area contributed by atoms with Crippen molar-refractivity contribution in [2.45, 2.75) is 32.4 Å². The smallest absolute Gasteiger partial charge is 0.0857 e. The van der Waals surface area contributed by atoms with Gasteiger partial charge in [-0.1, -0.05) is 37.9 Å². The van der Waals surface area contributed by atoms with Crippen LogP contribution in [0.4, 0.5) is 0 Å². The van der Waals surface area contributed by atoms with Crippen molar-refractivity contribution in [2.24, 2.45) is 0 Å². The SMILES string of the molecule is CC(C)n1ccc(CC(O)c2ccc(Br)cc2Br)n1. The van der Waals surface area contributed by atoms with Crippen LogP contribution in [0.1, 0.15) is 37.3 Å². The third-order valence-electron chi connectivity index (χ3n) is 2.92. The molecule has 1 unspecified atom stereocenters. The molecule has 1 aromatic carbocycles. The fourth-order valence-corrected chi connectivity index (χ4v) is 3.16. The quantitative estimate of drug-likeness (QED) is 0.850. The maximum Gasteiger partial charge on any atom is 0.0857 e. The van der Waals surface area contributed by atoms with Crippen LogP contribution >= 0.6 is 31.9 Å². The number of aliphatic hydroxyl groups excluding tert-OH is 1. The van der Waals surface area contributed by atoms with Gasteiger partial charge in [0.1, 0.15) is 0 Å². The lowest BCUT2D eigenvalue weighted by Crippen LogP contribution is -2.06. The average Bonchev–Trinajstić information content (AvgIpc) is 2.77. The Balaban J connectivity index is 2.13. The maximum atomic E-state index is 10.3. The first kappa shape index (κ1) is 14.8. The second kappa shape index (κ2) is 6.20. The molecule has 2 rings (SSSR count). The van der Waals surface area contributed by atoms with E-state index in [9.17, 15) is 5.11 Å². The first-order chi connectivity index (χ1) is 8.97. The lowest BCUT2D eigenvalue weighted by atomic mass is 10.1. The molecule has 0 fully saturated rings. The van der Waals surface area contributed by atoms with Gasteiger partial charge in [0.25, 0.3) is 0 Å². The highest BCUT2D eigenvalue weighted by atomic mass is 79.9. The molecule has 1 N–H and O–H groups in total.